The molecule has 0 aliphatic rings. The highest BCUT2D eigenvalue weighted by Gasteiger charge is 2.13. The summed E-state index contributed by atoms with van der Waals surface area (Å²) >= 11 is 0. The molecule has 0 bridgehead atoms. The summed E-state index contributed by atoms with van der Waals surface area (Å²) < 4.78 is 21.6. The number of carbonyl (C=O) groups excluding carboxylic acids is 2. The first-order chi connectivity index (χ1) is 17.0. The first-order valence-corrected chi connectivity index (χ1v) is 10.8. The van der Waals surface area contributed by atoms with Crippen LogP contribution in [0.2, 0.25) is 0 Å². The number of methoxy groups -OCH3 is 1. The molecule has 1 N–H and O–H groups in total. The van der Waals surface area contributed by atoms with Crippen LogP contribution in [-0.4, -0.2) is 38.4 Å². The molecule has 180 valence electrons. The molecule has 1 amide bonds. The van der Waals surface area contributed by atoms with E-state index in [1.54, 1.807) is 72.8 Å². The van der Waals surface area contributed by atoms with Gasteiger partial charge in [0.2, 0.25) is 0 Å². The average Bonchev–Trinajstić information content (AvgIpc) is 2.89. The lowest BCUT2D eigenvalue weighted by molar-refractivity contribution is 0.0729. The van der Waals surface area contributed by atoms with Crippen LogP contribution >= 0.6 is 0 Å². The van der Waals surface area contributed by atoms with Gasteiger partial charge in [-0.15, -0.1) is 0 Å². The number of hydrogen-bond acceptors (Lipinski definition) is 7. The maximum Gasteiger partial charge on any atom is 0.343 e. The summed E-state index contributed by atoms with van der Waals surface area (Å²) in [6, 6.07) is 18.3. The van der Waals surface area contributed by atoms with Gasteiger partial charge in [-0.2, -0.15) is 5.10 Å². The van der Waals surface area contributed by atoms with Gasteiger partial charge >= 0.3 is 5.97 Å². The standard InChI is InChI=1S/C27H26N2O6/c1-4-16-34-23-11-7-20(8-12-23)26(30)29-28-18-19-6-15-24(25(17-19)32-3)35-27(31)21-9-13-22(14-10-21)33-5-2/h4,6-15,17-18H,1,5,16H2,2-3H3,(H,29,30). The molecule has 8 heteroatoms. The van der Waals surface area contributed by atoms with Crippen molar-refractivity contribution >= 4 is 18.1 Å². The van der Waals surface area contributed by atoms with Crippen LogP contribution in [0, 0.1) is 0 Å². The molecule has 0 aliphatic carbocycles. The van der Waals surface area contributed by atoms with Gasteiger partial charge in [-0.1, -0.05) is 12.7 Å². The first-order valence-electron chi connectivity index (χ1n) is 10.8. The molecule has 0 saturated carbocycles. The lowest BCUT2D eigenvalue weighted by Crippen LogP contribution is -2.17. The van der Waals surface area contributed by atoms with E-state index in [1.165, 1.54) is 13.3 Å². The largest absolute Gasteiger partial charge is 0.494 e. The van der Waals surface area contributed by atoms with Crippen molar-refractivity contribution in [3.63, 3.8) is 0 Å². The van der Waals surface area contributed by atoms with Gasteiger partial charge in [0.1, 0.15) is 18.1 Å². The Balaban J connectivity index is 1.60. The molecule has 3 aromatic rings. The predicted molar refractivity (Wildman–Crippen MR) is 133 cm³/mol. The van der Waals surface area contributed by atoms with Crippen LogP contribution < -0.4 is 24.4 Å². The maximum atomic E-state index is 12.5. The lowest BCUT2D eigenvalue weighted by atomic mass is 10.2. The van der Waals surface area contributed by atoms with Crippen molar-refractivity contribution in [1.82, 2.24) is 5.43 Å². The minimum Gasteiger partial charge on any atom is -0.494 e. The number of benzene rings is 3. The Morgan fingerprint density at radius 2 is 1.57 bits per heavy atom. The molecular formula is C27H26N2O6. The fourth-order valence-electron chi connectivity index (χ4n) is 2.95. The number of hydrazone groups is 1. The fourth-order valence-corrected chi connectivity index (χ4v) is 2.95. The quantitative estimate of drug-likeness (QED) is 0.143. The second-order valence-electron chi connectivity index (χ2n) is 7.08. The van der Waals surface area contributed by atoms with Gasteiger partial charge in [0, 0.05) is 5.56 Å². The topological polar surface area (TPSA) is 95.5 Å². The van der Waals surface area contributed by atoms with Gasteiger partial charge < -0.3 is 18.9 Å². The number of nitrogens with one attached hydrogen (secondary N) is 1. The van der Waals surface area contributed by atoms with E-state index in [-0.39, 0.29) is 11.7 Å². The van der Waals surface area contributed by atoms with E-state index in [0.717, 1.165) is 0 Å². The zero-order valence-corrected chi connectivity index (χ0v) is 19.5. The van der Waals surface area contributed by atoms with Crippen molar-refractivity contribution < 1.29 is 28.5 Å². The number of carbonyl (C=O) groups is 2. The minimum absolute atomic E-state index is 0.256. The zero-order chi connectivity index (χ0) is 25.0. The maximum absolute atomic E-state index is 12.5. The molecule has 0 saturated heterocycles. The van der Waals surface area contributed by atoms with Crippen molar-refractivity contribution in [2.45, 2.75) is 6.92 Å². The monoisotopic (exact) mass is 474 g/mol. The van der Waals surface area contributed by atoms with Crippen molar-refractivity contribution in [1.29, 1.82) is 0 Å². The van der Waals surface area contributed by atoms with E-state index in [0.29, 0.717) is 47.2 Å². The van der Waals surface area contributed by atoms with E-state index >= 15 is 0 Å². The third-order valence-corrected chi connectivity index (χ3v) is 4.66. The molecule has 35 heavy (non-hydrogen) atoms. The third-order valence-electron chi connectivity index (χ3n) is 4.66. The summed E-state index contributed by atoms with van der Waals surface area (Å²) in [6.07, 6.45) is 3.10. The Kier molecular flexibility index (Phi) is 9.01. The molecule has 3 aromatic carbocycles. The van der Waals surface area contributed by atoms with Gasteiger partial charge in [0.25, 0.3) is 5.91 Å². The number of nitrogens with zero attached hydrogens (tertiary/aromatic N) is 1. The summed E-state index contributed by atoms with van der Waals surface area (Å²) in [5.74, 6) is 1.01. The van der Waals surface area contributed by atoms with E-state index in [4.69, 9.17) is 18.9 Å². The van der Waals surface area contributed by atoms with Crippen LogP contribution in [0.3, 0.4) is 0 Å². The normalized spacial score (nSPS) is 10.5. The van der Waals surface area contributed by atoms with Crippen molar-refractivity contribution in [2.24, 2.45) is 5.10 Å². The summed E-state index contributed by atoms with van der Waals surface area (Å²) in [5.41, 5.74) is 3.91. The average molecular weight is 475 g/mol. The van der Waals surface area contributed by atoms with Crippen molar-refractivity contribution in [3.8, 4) is 23.0 Å². The molecule has 0 aromatic heterocycles. The van der Waals surface area contributed by atoms with Crippen LogP contribution in [0.1, 0.15) is 33.2 Å². The Bertz CT molecular complexity index is 1190. The van der Waals surface area contributed by atoms with Crippen LogP contribution in [0.4, 0.5) is 0 Å². The fraction of sp³-hybridized carbons (Fsp3) is 0.148. The molecule has 0 atom stereocenters. The SMILES string of the molecule is C=CCOc1ccc(C(=O)NN=Cc2ccc(OC(=O)c3ccc(OCC)cc3)c(OC)c2)cc1. The molecule has 0 radical (unpaired) electrons. The number of hydrogen-bond donors (Lipinski definition) is 1. The second-order valence-corrected chi connectivity index (χ2v) is 7.08. The van der Waals surface area contributed by atoms with Gasteiger partial charge in [0.05, 0.1) is 25.5 Å². The van der Waals surface area contributed by atoms with Gasteiger partial charge in [-0.3, -0.25) is 4.79 Å². The van der Waals surface area contributed by atoms with Gasteiger partial charge in [0.15, 0.2) is 11.5 Å². The van der Waals surface area contributed by atoms with E-state index in [2.05, 4.69) is 17.1 Å². The molecule has 3 rings (SSSR count). The highest BCUT2D eigenvalue weighted by Crippen LogP contribution is 2.28. The van der Waals surface area contributed by atoms with Crippen molar-refractivity contribution in [3.05, 3.63) is 96.1 Å². The second kappa shape index (κ2) is 12.6. The van der Waals surface area contributed by atoms with Crippen LogP contribution in [0.15, 0.2) is 84.5 Å². The van der Waals surface area contributed by atoms with Gasteiger partial charge in [-0.25, -0.2) is 10.2 Å². The summed E-state index contributed by atoms with van der Waals surface area (Å²) in [4.78, 5) is 24.8. The molecule has 0 fully saturated rings. The number of esters is 1. The predicted octanol–water partition coefficient (Wildman–Crippen LogP) is 4.64. The summed E-state index contributed by atoms with van der Waals surface area (Å²) in [6.45, 7) is 6.40. The van der Waals surface area contributed by atoms with Crippen LogP contribution in [0.5, 0.6) is 23.0 Å². The van der Waals surface area contributed by atoms with Gasteiger partial charge in [-0.05, 0) is 79.2 Å². The number of ether oxygens (including phenoxy) is 4. The molecular weight excluding hydrogens is 448 g/mol. The minimum atomic E-state index is -0.527. The van der Waals surface area contributed by atoms with E-state index < -0.39 is 5.97 Å². The lowest BCUT2D eigenvalue weighted by Gasteiger charge is -2.10. The third kappa shape index (κ3) is 7.20. The Morgan fingerprint density at radius 3 is 2.20 bits per heavy atom. The van der Waals surface area contributed by atoms with E-state index in [9.17, 15) is 9.59 Å². The Labute approximate surface area is 203 Å². The molecule has 0 unspecified atom stereocenters. The molecule has 0 heterocycles. The summed E-state index contributed by atoms with van der Waals surface area (Å²) in [5, 5.41) is 3.98. The Morgan fingerprint density at radius 1 is 0.914 bits per heavy atom. The van der Waals surface area contributed by atoms with Crippen molar-refractivity contribution in [2.75, 3.05) is 20.3 Å². The molecule has 8 nitrogen and oxygen atoms in total. The Hall–Kier alpha value is -4.59. The molecule has 0 aliphatic heterocycles. The smallest absolute Gasteiger partial charge is 0.343 e. The van der Waals surface area contributed by atoms with E-state index in [1.807, 2.05) is 6.92 Å². The highest BCUT2D eigenvalue weighted by molar-refractivity contribution is 5.95. The first kappa shape index (κ1) is 25.0. The molecule has 0 spiro atoms. The number of amides is 1. The highest BCUT2D eigenvalue weighted by atomic mass is 16.6. The number of rotatable bonds is 11. The van der Waals surface area contributed by atoms with Crippen LogP contribution in [0.25, 0.3) is 0 Å². The summed E-state index contributed by atoms with van der Waals surface area (Å²) in [7, 11) is 1.47. The zero-order valence-electron chi connectivity index (χ0n) is 19.5. The van der Waals surface area contributed by atoms with Crippen LogP contribution in [-0.2, 0) is 0 Å².